The minimum atomic E-state index is 0.705. The molecule has 6 rings (SSSR count). The second-order valence-corrected chi connectivity index (χ2v) is 8.33. The molecule has 106 valence electrons. The van der Waals surface area contributed by atoms with Crippen molar-refractivity contribution in [2.24, 2.45) is 23.2 Å². The number of benzene rings is 1. The van der Waals surface area contributed by atoms with E-state index in [1.165, 1.54) is 19.6 Å². The molecule has 0 spiro atoms. The Hall–Kier alpha value is -0.820. The van der Waals surface area contributed by atoms with Crippen LogP contribution in [-0.4, -0.2) is 11.4 Å². The van der Waals surface area contributed by atoms with Gasteiger partial charge >= 0.3 is 0 Å². The van der Waals surface area contributed by atoms with E-state index in [0.29, 0.717) is 5.41 Å². The highest BCUT2D eigenvalue weighted by atomic mass is 15.1. The van der Waals surface area contributed by atoms with Gasteiger partial charge in [0.15, 0.2) is 0 Å². The summed E-state index contributed by atoms with van der Waals surface area (Å²) in [6.07, 6.45) is 9.35. The lowest BCUT2D eigenvalue weighted by molar-refractivity contribution is -0.0698. The summed E-state index contributed by atoms with van der Waals surface area (Å²) in [5, 5.41) is 0. The summed E-state index contributed by atoms with van der Waals surface area (Å²) in [6, 6.07) is 9.06. The molecule has 0 saturated heterocycles. The maximum atomic E-state index is 2.75. The molecule has 4 bridgehead atoms. The maximum absolute atomic E-state index is 2.75. The van der Waals surface area contributed by atoms with Crippen LogP contribution in [0.1, 0.15) is 49.7 Å². The Morgan fingerprint density at radius 3 is 1.85 bits per heavy atom. The fourth-order valence-electron chi connectivity index (χ4n) is 6.47. The Morgan fingerprint density at radius 2 is 1.35 bits per heavy atom. The van der Waals surface area contributed by atoms with Crippen molar-refractivity contribution in [1.29, 1.82) is 0 Å². The number of hydrogen-bond donors (Lipinski definition) is 0. The van der Waals surface area contributed by atoms with Crippen molar-refractivity contribution in [2.75, 3.05) is 6.54 Å². The third kappa shape index (κ3) is 1.79. The van der Waals surface area contributed by atoms with Gasteiger partial charge in [-0.2, -0.15) is 0 Å². The van der Waals surface area contributed by atoms with Crippen molar-refractivity contribution in [2.45, 2.75) is 51.6 Å². The van der Waals surface area contributed by atoms with Gasteiger partial charge in [0.05, 0.1) is 0 Å². The van der Waals surface area contributed by atoms with Gasteiger partial charge in [-0.05, 0) is 72.8 Å². The normalized spacial score (nSPS) is 42.1. The molecule has 4 saturated carbocycles. The molecule has 0 radical (unpaired) electrons. The maximum Gasteiger partial charge on any atom is 0.0240 e. The summed E-state index contributed by atoms with van der Waals surface area (Å²) in [5.74, 6) is 3.27. The predicted octanol–water partition coefficient (Wildman–Crippen LogP) is 4.22. The van der Waals surface area contributed by atoms with Crippen molar-refractivity contribution in [3.8, 4) is 0 Å². The van der Waals surface area contributed by atoms with Crippen LogP contribution in [-0.2, 0) is 13.1 Å². The number of hydrogen-bond acceptors (Lipinski definition) is 1. The number of rotatable bonds is 2. The topological polar surface area (TPSA) is 3.24 Å². The van der Waals surface area contributed by atoms with Crippen LogP contribution in [0.15, 0.2) is 24.3 Å². The van der Waals surface area contributed by atoms with Crippen LogP contribution in [0.25, 0.3) is 0 Å². The van der Waals surface area contributed by atoms with E-state index >= 15 is 0 Å². The van der Waals surface area contributed by atoms with E-state index in [0.717, 1.165) is 17.8 Å². The lowest BCUT2D eigenvalue weighted by Gasteiger charge is -2.57. The van der Waals surface area contributed by atoms with Crippen molar-refractivity contribution in [1.82, 2.24) is 4.90 Å². The molecule has 4 aliphatic carbocycles. The molecule has 1 nitrogen and oxygen atoms in total. The summed E-state index contributed by atoms with van der Waals surface area (Å²) in [4.78, 5) is 2.75. The Morgan fingerprint density at radius 1 is 0.850 bits per heavy atom. The van der Waals surface area contributed by atoms with E-state index in [1.807, 2.05) is 0 Å². The second-order valence-electron chi connectivity index (χ2n) is 8.33. The minimum Gasteiger partial charge on any atom is -0.294 e. The van der Waals surface area contributed by atoms with Crippen LogP contribution in [0.4, 0.5) is 0 Å². The SMILES string of the molecule is c1ccc2c(c1)CN(CC13CC4CC(CC(C4)C1)C3)C2. The molecule has 0 amide bonds. The molecule has 1 aromatic rings. The molecule has 1 aliphatic heterocycles. The van der Waals surface area contributed by atoms with Gasteiger partial charge in [-0.25, -0.2) is 0 Å². The molecule has 4 fully saturated rings. The van der Waals surface area contributed by atoms with Gasteiger partial charge < -0.3 is 0 Å². The lowest BCUT2D eigenvalue weighted by Crippen LogP contribution is -2.50. The van der Waals surface area contributed by atoms with E-state index in [1.54, 1.807) is 49.7 Å². The van der Waals surface area contributed by atoms with Gasteiger partial charge in [0.25, 0.3) is 0 Å². The molecular weight excluding hydrogens is 242 g/mol. The van der Waals surface area contributed by atoms with Crippen molar-refractivity contribution < 1.29 is 0 Å². The van der Waals surface area contributed by atoms with E-state index in [4.69, 9.17) is 0 Å². The molecule has 5 aliphatic rings. The van der Waals surface area contributed by atoms with Crippen LogP contribution in [0, 0.1) is 23.2 Å². The monoisotopic (exact) mass is 267 g/mol. The molecule has 1 heterocycles. The Kier molecular flexibility index (Phi) is 2.42. The first kappa shape index (κ1) is 11.8. The fraction of sp³-hybridized carbons (Fsp3) is 0.684. The molecule has 20 heavy (non-hydrogen) atoms. The molecular formula is C19H25N. The van der Waals surface area contributed by atoms with Gasteiger partial charge in [-0.15, -0.1) is 0 Å². The zero-order chi connectivity index (χ0) is 13.2. The third-order valence-corrected chi connectivity index (χ3v) is 6.63. The van der Waals surface area contributed by atoms with E-state index in [9.17, 15) is 0 Å². The zero-order valence-corrected chi connectivity index (χ0v) is 12.4. The first-order chi connectivity index (χ1) is 9.78. The quantitative estimate of drug-likeness (QED) is 0.775. The zero-order valence-electron chi connectivity index (χ0n) is 12.4. The first-order valence-electron chi connectivity index (χ1n) is 8.57. The van der Waals surface area contributed by atoms with Crippen LogP contribution in [0.5, 0.6) is 0 Å². The van der Waals surface area contributed by atoms with Crippen molar-refractivity contribution in [3.05, 3.63) is 35.4 Å². The van der Waals surface area contributed by atoms with Crippen LogP contribution < -0.4 is 0 Å². The van der Waals surface area contributed by atoms with Gasteiger partial charge in [0, 0.05) is 19.6 Å². The Balaban J connectivity index is 1.36. The minimum absolute atomic E-state index is 0.705. The van der Waals surface area contributed by atoms with Gasteiger partial charge in [-0.1, -0.05) is 24.3 Å². The number of fused-ring (bicyclic) bond motifs is 1. The van der Waals surface area contributed by atoms with Crippen LogP contribution >= 0.6 is 0 Å². The van der Waals surface area contributed by atoms with E-state index < -0.39 is 0 Å². The molecule has 1 aromatic carbocycles. The predicted molar refractivity (Wildman–Crippen MR) is 81.2 cm³/mol. The smallest absolute Gasteiger partial charge is 0.0240 e. The lowest BCUT2D eigenvalue weighted by atomic mass is 9.49. The van der Waals surface area contributed by atoms with E-state index in [2.05, 4.69) is 29.2 Å². The summed E-state index contributed by atoms with van der Waals surface area (Å²) < 4.78 is 0. The summed E-state index contributed by atoms with van der Waals surface area (Å²) in [6.45, 7) is 3.79. The van der Waals surface area contributed by atoms with Crippen molar-refractivity contribution >= 4 is 0 Å². The highest BCUT2D eigenvalue weighted by molar-refractivity contribution is 5.30. The summed E-state index contributed by atoms with van der Waals surface area (Å²) in [7, 11) is 0. The summed E-state index contributed by atoms with van der Waals surface area (Å²) in [5.41, 5.74) is 3.87. The average molecular weight is 267 g/mol. The van der Waals surface area contributed by atoms with E-state index in [-0.39, 0.29) is 0 Å². The molecule has 0 atom stereocenters. The highest BCUT2D eigenvalue weighted by Gasteiger charge is 2.51. The standard InChI is InChI=1S/C19H25N/c1-2-4-18-12-20(11-17(18)3-1)13-19-8-14-5-15(9-19)7-16(6-14)10-19/h1-4,14-16H,5-13H2. The van der Waals surface area contributed by atoms with Crippen LogP contribution in [0.2, 0.25) is 0 Å². The Labute approximate surface area is 122 Å². The van der Waals surface area contributed by atoms with Gasteiger partial charge in [-0.3, -0.25) is 4.90 Å². The average Bonchev–Trinajstić information content (AvgIpc) is 2.77. The van der Waals surface area contributed by atoms with Gasteiger partial charge in [0.2, 0.25) is 0 Å². The Bertz CT molecular complexity index is 472. The molecule has 1 heteroatoms. The first-order valence-corrected chi connectivity index (χ1v) is 8.57. The molecule has 0 N–H and O–H groups in total. The van der Waals surface area contributed by atoms with Gasteiger partial charge in [0.1, 0.15) is 0 Å². The van der Waals surface area contributed by atoms with Crippen molar-refractivity contribution in [3.63, 3.8) is 0 Å². The molecule has 0 unspecified atom stereocenters. The highest BCUT2D eigenvalue weighted by Crippen LogP contribution is 2.60. The summed E-state index contributed by atoms with van der Waals surface area (Å²) >= 11 is 0. The number of nitrogens with zero attached hydrogens (tertiary/aromatic N) is 1. The largest absolute Gasteiger partial charge is 0.294 e. The third-order valence-electron chi connectivity index (χ3n) is 6.63. The fourth-order valence-corrected chi connectivity index (χ4v) is 6.47. The van der Waals surface area contributed by atoms with Crippen LogP contribution in [0.3, 0.4) is 0 Å². The molecule has 0 aromatic heterocycles. The second kappa shape index (κ2) is 4.10.